The summed E-state index contributed by atoms with van der Waals surface area (Å²) in [5.74, 6) is -0.592. The molecule has 1 aliphatic carbocycles. The van der Waals surface area contributed by atoms with Crippen molar-refractivity contribution in [2.75, 3.05) is 6.61 Å². The van der Waals surface area contributed by atoms with Gasteiger partial charge in [-0.3, -0.25) is 9.59 Å². The van der Waals surface area contributed by atoms with Gasteiger partial charge in [0.1, 0.15) is 5.75 Å². The molecule has 0 fully saturated rings. The first kappa shape index (κ1) is 11.2. The highest BCUT2D eigenvalue weighted by atomic mass is 16.5. The van der Waals surface area contributed by atoms with E-state index in [2.05, 4.69) is 0 Å². The van der Waals surface area contributed by atoms with Gasteiger partial charge in [-0.05, 0) is 13.0 Å². The summed E-state index contributed by atoms with van der Waals surface area (Å²) in [6.07, 6.45) is 0.0669. The third-order valence-electron chi connectivity index (χ3n) is 3.48. The van der Waals surface area contributed by atoms with E-state index in [1.165, 1.54) is 6.07 Å². The molecule has 0 amide bonds. The topological polar surface area (TPSA) is 63.6 Å². The van der Waals surface area contributed by atoms with Gasteiger partial charge in [-0.1, -0.05) is 12.1 Å². The molecule has 3 rings (SSSR count). The molecule has 2 aliphatic rings. The molecule has 4 nitrogen and oxygen atoms in total. The van der Waals surface area contributed by atoms with Crippen LogP contribution in [-0.2, 0) is 4.74 Å². The van der Waals surface area contributed by atoms with Gasteiger partial charge in [0.05, 0.1) is 18.3 Å². The smallest absolute Gasteiger partial charge is 0.196 e. The predicted molar refractivity (Wildman–Crippen MR) is 63.8 cm³/mol. The van der Waals surface area contributed by atoms with Gasteiger partial charge in [-0.2, -0.15) is 0 Å². The Hall–Kier alpha value is -1.94. The van der Waals surface area contributed by atoms with Gasteiger partial charge < -0.3 is 9.84 Å². The van der Waals surface area contributed by atoms with E-state index in [0.717, 1.165) is 0 Å². The fraction of sp³-hybridized carbons (Fsp3) is 0.286. The highest BCUT2D eigenvalue weighted by Crippen LogP contribution is 2.36. The number of Topliss-reactive ketones (excluding diaryl/α,β-unsaturated/α-hetero) is 2. The number of rotatable bonds is 0. The number of carbonyl (C=O) groups is 2. The average molecular weight is 244 g/mol. The van der Waals surface area contributed by atoms with Crippen LogP contribution in [0.5, 0.6) is 5.75 Å². The number of phenolic OH excluding ortho intramolecular Hbond substituents is 1. The lowest BCUT2D eigenvalue weighted by Gasteiger charge is -2.29. The van der Waals surface area contributed by atoms with E-state index in [0.29, 0.717) is 29.7 Å². The highest BCUT2D eigenvalue weighted by Gasteiger charge is 2.38. The molecule has 0 spiro atoms. The van der Waals surface area contributed by atoms with Crippen molar-refractivity contribution < 1.29 is 19.4 Å². The maximum absolute atomic E-state index is 12.4. The number of hydrogen-bond acceptors (Lipinski definition) is 4. The summed E-state index contributed by atoms with van der Waals surface area (Å²) in [5.41, 5.74) is 1.35. The zero-order valence-corrected chi connectivity index (χ0v) is 9.90. The van der Waals surface area contributed by atoms with E-state index in [9.17, 15) is 14.7 Å². The summed E-state index contributed by atoms with van der Waals surface area (Å²) < 4.78 is 5.41. The van der Waals surface area contributed by atoms with Crippen molar-refractivity contribution in [1.29, 1.82) is 0 Å². The summed E-state index contributed by atoms with van der Waals surface area (Å²) in [6, 6.07) is 4.58. The van der Waals surface area contributed by atoms with Crippen LogP contribution >= 0.6 is 0 Å². The van der Waals surface area contributed by atoms with E-state index in [-0.39, 0.29) is 22.9 Å². The molecular weight excluding hydrogens is 232 g/mol. The van der Waals surface area contributed by atoms with Crippen LogP contribution in [0.4, 0.5) is 0 Å². The van der Waals surface area contributed by atoms with Crippen LogP contribution < -0.4 is 0 Å². The van der Waals surface area contributed by atoms with Crippen molar-refractivity contribution in [3.05, 3.63) is 40.5 Å². The van der Waals surface area contributed by atoms with E-state index in [1.807, 2.05) is 0 Å². The first-order valence-corrected chi connectivity index (χ1v) is 5.87. The normalized spacial score (nSPS) is 22.8. The van der Waals surface area contributed by atoms with Gasteiger partial charge in [0.15, 0.2) is 11.6 Å². The van der Waals surface area contributed by atoms with Crippen molar-refractivity contribution in [2.24, 2.45) is 0 Å². The number of aromatic hydroxyl groups is 1. The second-order valence-electron chi connectivity index (χ2n) is 4.51. The largest absolute Gasteiger partial charge is 0.507 e. The van der Waals surface area contributed by atoms with Crippen molar-refractivity contribution >= 4 is 11.6 Å². The van der Waals surface area contributed by atoms with Crippen molar-refractivity contribution in [3.8, 4) is 5.75 Å². The number of carbonyl (C=O) groups excluding carboxylic acids is 2. The number of phenols is 1. The minimum Gasteiger partial charge on any atom is -0.507 e. The SMILES string of the molecule is C[C@H]1OCCC2=C1C(=O)c1c(O)cccc1C2=O. The molecule has 0 saturated carbocycles. The molecule has 1 aliphatic heterocycles. The summed E-state index contributed by atoms with van der Waals surface area (Å²) in [6.45, 7) is 2.21. The summed E-state index contributed by atoms with van der Waals surface area (Å²) >= 11 is 0. The van der Waals surface area contributed by atoms with Crippen LogP contribution in [0, 0.1) is 0 Å². The number of ether oxygens (including phenoxy) is 1. The quantitative estimate of drug-likeness (QED) is 0.756. The molecule has 18 heavy (non-hydrogen) atoms. The molecule has 92 valence electrons. The minimum absolute atomic E-state index is 0.110. The fourth-order valence-corrected chi connectivity index (χ4v) is 2.62. The Morgan fingerprint density at radius 1 is 1.28 bits per heavy atom. The second-order valence-corrected chi connectivity index (χ2v) is 4.51. The Labute approximate surface area is 104 Å². The van der Waals surface area contributed by atoms with Crippen molar-refractivity contribution in [1.82, 2.24) is 0 Å². The first-order valence-electron chi connectivity index (χ1n) is 5.87. The van der Waals surface area contributed by atoms with Crippen LogP contribution in [0.25, 0.3) is 0 Å². The number of hydrogen-bond donors (Lipinski definition) is 1. The monoisotopic (exact) mass is 244 g/mol. The Morgan fingerprint density at radius 2 is 2.06 bits per heavy atom. The van der Waals surface area contributed by atoms with Crippen LogP contribution in [0.1, 0.15) is 34.1 Å². The molecule has 0 unspecified atom stereocenters. The average Bonchev–Trinajstić information content (AvgIpc) is 2.35. The predicted octanol–water partition coefficient (Wildman–Crippen LogP) is 1.88. The fourth-order valence-electron chi connectivity index (χ4n) is 2.62. The standard InChI is InChI=1S/C14H12O4/c1-7-11-9(5-6-18-7)13(16)8-3-2-4-10(15)12(8)14(11)17/h2-4,7,15H,5-6H2,1H3/t7-/m1/s1. The molecule has 0 aromatic heterocycles. The lowest BCUT2D eigenvalue weighted by atomic mass is 9.79. The van der Waals surface area contributed by atoms with Crippen LogP contribution in [-0.4, -0.2) is 29.4 Å². The van der Waals surface area contributed by atoms with Gasteiger partial charge >= 0.3 is 0 Å². The molecule has 4 heteroatoms. The molecular formula is C14H12O4. The van der Waals surface area contributed by atoms with E-state index in [1.54, 1.807) is 19.1 Å². The first-order chi connectivity index (χ1) is 8.61. The van der Waals surface area contributed by atoms with Crippen LogP contribution in [0.2, 0.25) is 0 Å². The number of ketones is 2. The zero-order chi connectivity index (χ0) is 12.9. The van der Waals surface area contributed by atoms with E-state index < -0.39 is 6.10 Å². The Morgan fingerprint density at radius 3 is 2.83 bits per heavy atom. The third-order valence-corrected chi connectivity index (χ3v) is 3.48. The summed E-state index contributed by atoms with van der Waals surface area (Å²) in [4.78, 5) is 24.7. The van der Waals surface area contributed by atoms with Crippen LogP contribution in [0.3, 0.4) is 0 Å². The molecule has 1 heterocycles. The Bertz CT molecular complexity index is 598. The number of benzene rings is 1. The maximum Gasteiger partial charge on any atom is 0.196 e. The summed E-state index contributed by atoms with van der Waals surface area (Å²) in [7, 11) is 0. The van der Waals surface area contributed by atoms with E-state index in [4.69, 9.17) is 4.74 Å². The molecule has 1 aromatic carbocycles. The molecule has 1 N–H and O–H groups in total. The molecule has 1 aromatic rings. The Balaban J connectivity index is 2.27. The van der Waals surface area contributed by atoms with Gasteiger partial charge in [0, 0.05) is 23.1 Å². The summed E-state index contributed by atoms with van der Waals surface area (Å²) in [5, 5.41) is 9.78. The number of fused-ring (bicyclic) bond motifs is 1. The highest BCUT2D eigenvalue weighted by molar-refractivity contribution is 6.28. The molecule has 1 atom stereocenters. The molecule has 0 bridgehead atoms. The second kappa shape index (κ2) is 3.78. The Kier molecular flexibility index (Phi) is 2.35. The lowest BCUT2D eigenvalue weighted by Crippen LogP contribution is -2.33. The van der Waals surface area contributed by atoms with Crippen LogP contribution in [0.15, 0.2) is 29.3 Å². The van der Waals surface area contributed by atoms with E-state index >= 15 is 0 Å². The molecule has 0 saturated heterocycles. The molecule has 0 radical (unpaired) electrons. The minimum atomic E-state index is -0.391. The third kappa shape index (κ3) is 1.36. The van der Waals surface area contributed by atoms with Gasteiger partial charge in [0.2, 0.25) is 0 Å². The maximum atomic E-state index is 12.4. The van der Waals surface area contributed by atoms with Crippen molar-refractivity contribution in [2.45, 2.75) is 19.4 Å². The lowest BCUT2D eigenvalue weighted by molar-refractivity contribution is 0.0652. The zero-order valence-electron chi connectivity index (χ0n) is 9.90. The van der Waals surface area contributed by atoms with Gasteiger partial charge in [0.25, 0.3) is 0 Å². The van der Waals surface area contributed by atoms with Gasteiger partial charge in [-0.15, -0.1) is 0 Å². The van der Waals surface area contributed by atoms with Gasteiger partial charge in [-0.25, -0.2) is 0 Å². The van der Waals surface area contributed by atoms with Crippen molar-refractivity contribution in [3.63, 3.8) is 0 Å².